The molecule has 1 N–H and O–H groups in total. The predicted molar refractivity (Wildman–Crippen MR) is 97.0 cm³/mol. The van der Waals surface area contributed by atoms with Crippen LogP contribution in [0.3, 0.4) is 0 Å². The van der Waals surface area contributed by atoms with E-state index in [4.69, 9.17) is 4.55 Å². The van der Waals surface area contributed by atoms with Gasteiger partial charge in [0.1, 0.15) is 0 Å². The van der Waals surface area contributed by atoms with Gasteiger partial charge in [-0.15, -0.1) is 0 Å². The van der Waals surface area contributed by atoms with E-state index in [9.17, 15) is 8.42 Å². The summed E-state index contributed by atoms with van der Waals surface area (Å²) in [6.45, 7) is 4.72. The Bertz CT molecular complexity index is 341. The van der Waals surface area contributed by atoms with Crippen molar-refractivity contribution in [2.75, 3.05) is 6.61 Å². The molecule has 0 aromatic carbocycles. The van der Waals surface area contributed by atoms with Gasteiger partial charge in [0.15, 0.2) is 0 Å². The summed E-state index contributed by atoms with van der Waals surface area (Å²) in [4.78, 5) is 0. The molecule has 0 aliphatic rings. The molecular formula is C18H38O4S. The van der Waals surface area contributed by atoms with Crippen molar-refractivity contribution in [3.8, 4) is 0 Å². The normalized spacial score (nSPS) is 13.3. The maximum Gasteiger partial charge on any atom is 0.397 e. The fourth-order valence-electron chi connectivity index (χ4n) is 2.73. The second-order valence-electron chi connectivity index (χ2n) is 6.79. The summed E-state index contributed by atoms with van der Waals surface area (Å²) in [5.41, 5.74) is 0. The van der Waals surface area contributed by atoms with Crippen molar-refractivity contribution < 1.29 is 17.2 Å². The van der Waals surface area contributed by atoms with Gasteiger partial charge in [-0.2, -0.15) is 8.42 Å². The SMILES string of the molecule is CCC(C)CCCCCCCCCCCCCCOS(=O)(=O)O. The van der Waals surface area contributed by atoms with Gasteiger partial charge in [0.2, 0.25) is 0 Å². The number of rotatable bonds is 17. The van der Waals surface area contributed by atoms with Gasteiger partial charge in [-0.3, -0.25) is 4.55 Å². The molecule has 0 radical (unpaired) electrons. The Hall–Kier alpha value is -0.130. The fourth-order valence-corrected chi connectivity index (χ4v) is 3.06. The Balaban J connectivity index is 3.08. The molecule has 4 nitrogen and oxygen atoms in total. The Labute approximate surface area is 144 Å². The van der Waals surface area contributed by atoms with Crippen LogP contribution in [0.15, 0.2) is 0 Å². The summed E-state index contributed by atoms with van der Waals surface area (Å²) in [6, 6.07) is 0. The lowest BCUT2D eigenvalue weighted by atomic mass is 9.99. The van der Waals surface area contributed by atoms with E-state index in [0.29, 0.717) is 6.42 Å². The van der Waals surface area contributed by atoms with Gasteiger partial charge in [-0.25, -0.2) is 4.18 Å². The Morgan fingerprint density at radius 3 is 1.57 bits per heavy atom. The second kappa shape index (κ2) is 15.4. The Morgan fingerprint density at radius 2 is 1.17 bits per heavy atom. The molecule has 140 valence electrons. The van der Waals surface area contributed by atoms with Crippen LogP contribution in [0.1, 0.15) is 104 Å². The van der Waals surface area contributed by atoms with Crippen molar-refractivity contribution in [1.29, 1.82) is 0 Å². The topological polar surface area (TPSA) is 63.6 Å². The van der Waals surface area contributed by atoms with Gasteiger partial charge in [-0.05, 0) is 12.3 Å². The third kappa shape index (κ3) is 19.8. The van der Waals surface area contributed by atoms with Crippen LogP contribution < -0.4 is 0 Å². The van der Waals surface area contributed by atoms with E-state index >= 15 is 0 Å². The van der Waals surface area contributed by atoms with E-state index in [1.54, 1.807) is 0 Å². The lowest BCUT2D eigenvalue weighted by Gasteiger charge is -2.07. The summed E-state index contributed by atoms with van der Waals surface area (Å²) in [5, 5.41) is 0. The lowest BCUT2D eigenvalue weighted by molar-refractivity contribution is 0.261. The van der Waals surface area contributed by atoms with Crippen molar-refractivity contribution >= 4 is 10.4 Å². The largest absolute Gasteiger partial charge is 0.397 e. The van der Waals surface area contributed by atoms with Crippen LogP contribution in [-0.4, -0.2) is 19.6 Å². The average molecular weight is 351 g/mol. The highest BCUT2D eigenvalue weighted by Gasteiger charge is 2.02. The predicted octanol–water partition coefficient (Wildman–Crippen LogP) is 5.92. The number of hydrogen-bond donors (Lipinski definition) is 1. The van der Waals surface area contributed by atoms with Gasteiger partial charge < -0.3 is 0 Å². The van der Waals surface area contributed by atoms with Crippen LogP contribution in [0.2, 0.25) is 0 Å². The van der Waals surface area contributed by atoms with Crippen molar-refractivity contribution in [3.63, 3.8) is 0 Å². The molecule has 0 saturated carbocycles. The van der Waals surface area contributed by atoms with Gasteiger partial charge >= 0.3 is 10.4 Å². The molecule has 1 atom stereocenters. The minimum Gasteiger partial charge on any atom is -0.264 e. The van der Waals surface area contributed by atoms with E-state index in [-0.39, 0.29) is 6.61 Å². The molecule has 0 rings (SSSR count). The van der Waals surface area contributed by atoms with Gasteiger partial charge in [-0.1, -0.05) is 97.3 Å². The zero-order chi connectivity index (χ0) is 17.4. The van der Waals surface area contributed by atoms with Gasteiger partial charge in [0.05, 0.1) is 6.61 Å². The van der Waals surface area contributed by atoms with Gasteiger partial charge in [0.25, 0.3) is 0 Å². The van der Waals surface area contributed by atoms with Crippen molar-refractivity contribution in [1.82, 2.24) is 0 Å². The molecular weight excluding hydrogens is 312 g/mol. The average Bonchev–Trinajstić information content (AvgIpc) is 2.49. The van der Waals surface area contributed by atoms with E-state index in [1.807, 2.05) is 0 Å². The molecule has 1 unspecified atom stereocenters. The van der Waals surface area contributed by atoms with Crippen LogP contribution in [0, 0.1) is 5.92 Å². The van der Waals surface area contributed by atoms with Crippen molar-refractivity contribution in [3.05, 3.63) is 0 Å². The highest BCUT2D eigenvalue weighted by atomic mass is 32.3. The summed E-state index contributed by atoms with van der Waals surface area (Å²) < 4.78 is 33.3. The Kier molecular flexibility index (Phi) is 15.3. The molecule has 23 heavy (non-hydrogen) atoms. The zero-order valence-corrected chi connectivity index (χ0v) is 16.1. The summed E-state index contributed by atoms with van der Waals surface area (Å²) in [5.74, 6) is 0.898. The first-order valence-corrected chi connectivity index (χ1v) is 10.9. The highest BCUT2D eigenvalue weighted by molar-refractivity contribution is 7.80. The highest BCUT2D eigenvalue weighted by Crippen LogP contribution is 2.15. The third-order valence-corrected chi connectivity index (χ3v) is 4.98. The monoisotopic (exact) mass is 350 g/mol. The molecule has 0 heterocycles. The zero-order valence-electron chi connectivity index (χ0n) is 15.3. The first-order chi connectivity index (χ1) is 11.0. The lowest BCUT2D eigenvalue weighted by Crippen LogP contribution is -2.04. The molecule has 0 bridgehead atoms. The summed E-state index contributed by atoms with van der Waals surface area (Å²) >= 11 is 0. The molecule has 5 heteroatoms. The van der Waals surface area contributed by atoms with Crippen LogP contribution in [0.5, 0.6) is 0 Å². The van der Waals surface area contributed by atoms with Crippen LogP contribution in [0.25, 0.3) is 0 Å². The maximum atomic E-state index is 10.3. The molecule has 0 aliphatic carbocycles. The molecule has 0 fully saturated rings. The second-order valence-corrected chi connectivity index (χ2v) is 7.89. The minimum absolute atomic E-state index is 0.0931. The summed E-state index contributed by atoms with van der Waals surface area (Å²) in [7, 11) is -4.25. The maximum absolute atomic E-state index is 10.3. The molecule has 0 amide bonds. The molecule has 0 spiro atoms. The Morgan fingerprint density at radius 1 is 0.783 bits per heavy atom. The van der Waals surface area contributed by atoms with Crippen LogP contribution >= 0.6 is 0 Å². The third-order valence-electron chi connectivity index (χ3n) is 4.52. The standard InChI is InChI=1S/C18H38O4S/c1-3-18(2)16-14-12-10-8-6-4-5-7-9-11-13-15-17-22-23(19,20)21/h18H,3-17H2,1-2H3,(H,19,20,21). The van der Waals surface area contributed by atoms with E-state index in [0.717, 1.165) is 18.8 Å². The minimum atomic E-state index is -4.25. The first kappa shape index (κ1) is 22.9. The first-order valence-electron chi connectivity index (χ1n) is 9.57. The smallest absolute Gasteiger partial charge is 0.264 e. The molecule has 0 saturated heterocycles. The van der Waals surface area contributed by atoms with Crippen LogP contribution in [-0.2, 0) is 14.6 Å². The molecule has 0 aliphatic heterocycles. The van der Waals surface area contributed by atoms with Crippen molar-refractivity contribution in [2.45, 2.75) is 104 Å². The van der Waals surface area contributed by atoms with E-state index < -0.39 is 10.4 Å². The van der Waals surface area contributed by atoms with Crippen molar-refractivity contribution in [2.24, 2.45) is 5.92 Å². The molecule has 0 aromatic heterocycles. The summed E-state index contributed by atoms with van der Waals surface area (Å²) in [6.07, 6.45) is 17.6. The van der Waals surface area contributed by atoms with E-state index in [1.165, 1.54) is 70.6 Å². The van der Waals surface area contributed by atoms with E-state index in [2.05, 4.69) is 18.0 Å². The number of unbranched alkanes of at least 4 members (excludes halogenated alkanes) is 11. The van der Waals surface area contributed by atoms with Gasteiger partial charge in [0, 0.05) is 0 Å². The number of hydrogen-bond acceptors (Lipinski definition) is 3. The quantitative estimate of drug-likeness (QED) is 0.261. The van der Waals surface area contributed by atoms with Crippen LogP contribution in [0.4, 0.5) is 0 Å². The fraction of sp³-hybridized carbons (Fsp3) is 1.00. The molecule has 0 aromatic rings.